The van der Waals surface area contributed by atoms with Gasteiger partial charge in [0.05, 0.1) is 5.01 Å². The SMILES string of the molecule is CN=C(NCCCc1nc(C)cs1)N1CCC(Cc2ccccc2)CC1.I. The van der Waals surface area contributed by atoms with Gasteiger partial charge in [0, 0.05) is 44.2 Å². The summed E-state index contributed by atoms with van der Waals surface area (Å²) in [6.07, 6.45) is 5.83. The van der Waals surface area contributed by atoms with Crippen LogP contribution in [0.1, 0.15) is 35.5 Å². The number of hydrogen-bond acceptors (Lipinski definition) is 3. The van der Waals surface area contributed by atoms with E-state index in [9.17, 15) is 0 Å². The van der Waals surface area contributed by atoms with Crippen LogP contribution in [0.5, 0.6) is 0 Å². The molecule has 2 aromatic rings. The van der Waals surface area contributed by atoms with E-state index in [0.29, 0.717) is 0 Å². The Balaban J connectivity index is 0.00000261. The van der Waals surface area contributed by atoms with Crippen LogP contribution in [-0.4, -0.2) is 42.5 Å². The van der Waals surface area contributed by atoms with Crippen molar-refractivity contribution in [2.24, 2.45) is 10.9 Å². The molecule has 1 saturated heterocycles. The zero-order valence-corrected chi connectivity index (χ0v) is 19.5. The largest absolute Gasteiger partial charge is 0.356 e. The number of aliphatic imine (C=N–C) groups is 1. The predicted octanol–water partition coefficient (Wildman–Crippen LogP) is 4.53. The van der Waals surface area contributed by atoms with Gasteiger partial charge in [0.15, 0.2) is 5.96 Å². The molecule has 0 saturated carbocycles. The minimum Gasteiger partial charge on any atom is -0.356 e. The number of nitrogens with zero attached hydrogens (tertiary/aromatic N) is 3. The average Bonchev–Trinajstić information content (AvgIpc) is 3.09. The van der Waals surface area contributed by atoms with Crippen LogP contribution >= 0.6 is 35.3 Å². The van der Waals surface area contributed by atoms with Gasteiger partial charge in [-0.1, -0.05) is 30.3 Å². The fourth-order valence-corrected chi connectivity index (χ4v) is 4.40. The molecule has 0 unspecified atom stereocenters. The van der Waals surface area contributed by atoms with Crippen LogP contribution in [0.25, 0.3) is 0 Å². The molecule has 1 aromatic carbocycles. The van der Waals surface area contributed by atoms with Gasteiger partial charge in [-0.05, 0) is 44.1 Å². The average molecular weight is 498 g/mol. The molecule has 0 radical (unpaired) electrons. The maximum atomic E-state index is 4.53. The summed E-state index contributed by atoms with van der Waals surface area (Å²) in [6.45, 7) is 5.21. The van der Waals surface area contributed by atoms with Crippen LogP contribution in [0.4, 0.5) is 0 Å². The number of likely N-dealkylation sites (tertiary alicyclic amines) is 1. The molecule has 0 bridgehead atoms. The van der Waals surface area contributed by atoms with Gasteiger partial charge in [0.1, 0.15) is 0 Å². The minimum absolute atomic E-state index is 0. The third-order valence-corrected chi connectivity index (χ3v) is 6.04. The van der Waals surface area contributed by atoms with Crippen molar-refractivity contribution in [2.45, 2.75) is 39.0 Å². The lowest BCUT2D eigenvalue weighted by Crippen LogP contribution is -2.46. The maximum absolute atomic E-state index is 4.53. The van der Waals surface area contributed by atoms with Crippen LogP contribution in [0.2, 0.25) is 0 Å². The highest BCUT2D eigenvalue weighted by Gasteiger charge is 2.21. The van der Waals surface area contributed by atoms with Gasteiger partial charge in [-0.3, -0.25) is 4.99 Å². The summed E-state index contributed by atoms with van der Waals surface area (Å²) >= 11 is 1.76. The summed E-state index contributed by atoms with van der Waals surface area (Å²) in [5.41, 5.74) is 2.60. The van der Waals surface area contributed by atoms with Gasteiger partial charge in [-0.2, -0.15) is 0 Å². The van der Waals surface area contributed by atoms with Crippen LogP contribution in [0, 0.1) is 12.8 Å². The summed E-state index contributed by atoms with van der Waals surface area (Å²) in [4.78, 5) is 11.4. The molecule has 0 aliphatic carbocycles. The molecule has 2 heterocycles. The molecular formula is C21H31IN4S. The molecule has 1 N–H and O–H groups in total. The Morgan fingerprint density at radius 1 is 1.26 bits per heavy atom. The highest BCUT2D eigenvalue weighted by molar-refractivity contribution is 14.0. The highest BCUT2D eigenvalue weighted by atomic mass is 127. The first-order chi connectivity index (χ1) is 12.7. The number of rotatable bonds is 6. The Labute approximate surface area is 184 Å². The molecule has 27 heavy (non-hydrogen) atoms. The van der Waals surface area contributed by atoms with Gasteiger partial charge in [-0.15, -0.1) is 35.3 Å². The fourth-order valence-electron chi connectivity index (χ4n) is 3.59. The molecule has 0 amide bonds. The van der Waals surface area contributed by atoms with Crippen LogP contribution in [0.3, 0.4) is 0 Å². The van der Waals surface area contributed by atoms with Crippen LogP contribution in [-0.2, 0) is 12.8 Å². The second-order valence-corrected chi connectivity index (χ2v) is 8.02. The second-order valence-electron chi connectivity index (χ2n) is 7.08. The van der Waals surface area contributed by atoms with Crippen LogP contribution in [0.15, 0.2) is 40.7 Å². The molecule has 4 nitrogen and oxygen atoms in total. The van der Waals surface area contributed by atoms with E-state index in [1.807, 2.05) is 7.05 Å². The molecule has 148 valence electrons. The number of piperidine rings is 1. The summed E-state index contributed by atoms with van der Waals surface area (Å²) < 4.78 is 0. The quantitative estimate of drug-likeness (QED) is 0.275. The van der Waals surface area contributed by atoms with E-state index in [2.05, 4.69) is 62.8 Å². The molecule has 0 atom stereocenters. The number of hydrogen-bond donors (Lipinski definition) is 1. The fraction of sp³-hybridized carbons (Fsp3) is 0.524. The van der Waals surface area contributed by atoms with Gasteiger partial charge < -0.3 is 10.2 Å². The molecule has 3 rings (SSSR count). The highest BCUT2D eigenvalue weighted by Crippen LogP contribution is 2.21. The summed E-state index contributed by atoms with van der Waals surface area (Å²) in [7, 11) is 1.89. The van der Waals surface area contributed by atoms with Crippen molar-refractivity contribution in [1.29, 1.82) is 0 Å². The third kappa shape index (κ3) is 7.07. The zero-order valence-electron chi connectivity index (χ0n) is 16.4. The maximum Gasteiger partial charge on any atom is 0.193 e. The Hall–Kier alpha value is -1.15. The van der Waals surface area contributed by atoms with E-state index in [4.69, 9.17) is 0 Å². The zero-order chi connectivity index (χ0) is 18.2. The van der Waals surface area contributed by atoms with E-state index in [1.54, 1.807) is 11.3 Å². The lowest BCUT2D eigenvalue weighted by atomic mass is 9.90. The minimum atomic E-state index is 0. The van der Waals surface area contributed by atoms with Crippen molar-refractivity contribution >= 4 is 41.3 Å². The van der Waals surface area contributed by atoms with E-state index in [-0.39, 0.29) is 24.0 Å². The molecule has 6 heteroatoms. The van der Waals surface area contributed by atoms with Gasteiger partial charge in [-0.25, -0.2) is 4.98 Å². The van der Waals surface area contributed by atoms with Crippen molar-refractivity contribution in [1.82, 2.24) is 15.2 Å². The van der Waals surface area contributed by atoms with E-state index in [1.165, 1.54) is 29.8 Å². The molecule has 1 aliphatic heterocycles. The number of guanidine groups is 1. The Bertz CT molecular complexity index is 693. The van der Waals surface area contributed by atoms with E-state index in [0.717, 1.165) is 50.0 Å². The first-order valence-corrected chi connectivity index (χ1v) is 10.5. The molecule has 0 spiro atoms. The molecule has 1 fully saturated rings. The number of nitrogens with one attached hydrogen (secondary N) is 1. The molecule has 1 aromatic heterocycles. The first kappa shape index (κ1) is 22.1. The Morgan fingerprint density at radius 3 is 2.63 bits per heavy atom. The number of halogens is 1. The van der Waals surface area contributed by atoms with Crippen molar-refractivity contribution in [2.75, 3.05) is 26.7 Å². The predicted molar refractivity (Wildman–Crippen MR) is 126 cm³/mol. The van der Waals surface area contributed by atoms with Crippen molar-refractivity contribution < 1.29 is 0 Å². The van der Waals surface area contributed by atoms with Gasteiger partial charge >= 0.3 is 0 Å². The van der Waals surface area contributed by atoms with Crippen molar-refractivity contribution in [3.8, 4) is 0 Å². The monoisotopic (exact) mass is 498 g/mol. The normalized spacial score (nSPS) is 15.5. The summed E-state index contributed by atoms with van der Waals surface area (Å²) in [5.74, 6) is 1.85. The number of aryl methyl sites for hydroxylation is 2. The van der Waals surface area contributed by atoms with Crippen molar-refractivity contribution in [3.63, 3.8) is 0 Å². The Kier molecular flexibility index (Phi) is 9.54. The third-order valence-electron chi connectivity index (χ3n) is 5.01. The molecule has 1 aliphatic rings. The topological polar surface area (TPSA) is 40.5 Å². The summed E-state index contributed by atoms with van der Waals surface area (Å²) in [6, 6.07) is 10.9. The van der Waals surface area contributed by atoms with Crippen LogP contribution < -0.4 is 5.32 Å². The van der Waals surface area contributed by atoms with Gasteiger partial charge in [0.2, 0.25) is 0 Å². The summed E-state index contributed by atoms with van der Waals surface area (Å²) in [5, 5.41) is 6.90. The number of aromatic nitrogens is 1. The second kappa shape index (κ2) is 11.6. The van der Waals surface area contributed by atoms with Gasteiger partial charge in [0.25, 0.3) is 0 Å². The Morgan fingerprint density at radius 2 is 2.00 bits per heavy atom. The van der Waals surface area contributed by atoms with Crippen molar-refractivity contribution in [3.05, 3.63) is 52.0 Å². The molecular weight excluding hydrogens is 467 g/mol. The number of benzene rings is 1. The van der Waals surface area contributed by atoms with E-state index >= 15 is 0 Å². The number of thiazole rings is 1. The van der Waals surface area contributed by atoms with E-state index < -0.39 is 0 Å². The standard InChI is InChI=1S/C21H30N4S.HI/c1-17-16-26-20(24-17)9-6-12-23-21(22-2)25-13-10-19(11-14-25)15-18-7-4-3-5-8-18;/h3-5,7-8,16,19H,6,9-15H2,1-2H3,(H,22,23);1H. The lowest BCUT2D eigenvalue weighted by Gasteiger charge is -2.34. The first-order valence-electron chi connectivity index (χ1n) is 9.65. The smallest absolute Gasteiger partial charge is 0.193 e. The lowest BCUT2D eigenvalue weighted by molar-refractivity contribution is 0.259.